The third kappa shape index (κ3) is 4.63. The van der Waals surface area contributed by atoms with Crippen LogP contribution in [0.15, 0.2) is 39.3 Å². The number of oxazole rings is 1. The lowest BCUT2D eigenvalue weighted by atomic mass is 10.0. The van der Waals surface area contributed by atoms with Gasteiger partial charge in [-0.05, 0) is 49.6 Å². The molecule has 2 aromatic heterocycles. The number of benzene rings is 2. The Kier molecular flexibility index (Phi) is 6.50. The summed E-state index contributed by atoms with van der Waals surface area (Å²) in [4.78, 5) is 18.1. The van der Waals surface area contributed by atoms with Gasteiger partial charge in [0.1, 0.15) is 5.76 Å². The maximum atomic E-state index is 11.8. The summed E-state index contributed by atoms with van der Waals surface area (Å²) in [5.41, 5.74) is 4.85. The van der Waals surface area contributed by atoms with Crippen LogP contribution in [-0.2, 0) is 17.6 Å². The van der Waals surface area contributed by atoms with Crippen LogP contribution in [0.25, 0.3) is 22.4 Å². The standard InChI is InChI=1S/C25H25Cl2N3O3/c1-13(2)24-21(28-25(32-24)17-7-6-16(26)11-19(17)27)9-8-20-18-10-14(3)22(30(5)15(4)31)12-23(18)33-29-20/h6-7,10-13H,8-9H2,1-5H3. The maximum absolute atomic E-state index is 11.8. The van der Waals surface area contributed by atoms with Gasteiger partial charge in [-0.15, -0.1) is 0 Å². The van der Waals surface area contributed by atoms with Crippen molar-refractivity contribution in [2.24, 2.45) is 0 Å². The van der Waals surface area contributed by atoms with Crippen molar-refractivity contribution in [3.63, 3.8) is 0 Å². The average Bonchev–Trinajstić information content (AvgIpc) is 3.35. The van der Waals surface area contributed by atoms with Crippen LogP contribution in [0, 0.1) is 6.92 Å². The van der Waals surface area contributed by atoms with Gasteiger partial charge in [-0.2, -0.15) is 0 Å². The van der Waals surface area contributed by atoms with Crippen molar-refractivity contribution in [3.05, 3.63) is 63.1 Å². The van der Waals surface area contributed by atoms with E-state index in [-0.39, 0.29) is 11.8 Å². The molecule has 33 heavy (non-hydrogen) atoms. The monoisotopic (exact) mass is 485 g/mol. The van der Waals surface area contributed by atoms with Crippen molar-refractivity contribution < 1.29 is 13.7 Å². The molecule has 0 bridgehead atoms. The molecule has 2 aromatic carbocycles. The first-order valence-electron chi connectivity index (χ1n) is 10.7. The highest BCUT2D eigenvalue weighted by atomic mass is 35.5. The summed E-state index contributed by atoms with van der Waals surface area (Å²) in [6.45, 7) is 7.64. The van der Waals surface area contributed by atoms with Crippen molar-refractivity contribution in [1.82, 2.24) is 10.1 Å². The van der Waals surface area contributed by atoms with Gasteiger partial charge in [-0.1, -0.05) is 42.2 Å². The Balaban J connectivity index is 1.63. The van der Waals surface area contributed by atoms with Crippen LogP contribution in [-0.4, -0.2) is 23.1 Å². The summed E-state index contributed by atoms with van der Waals surface area (Å²) in [6.07, 6.45) is 1.27. The zero-order valence-electron chi connectivity index (χ0n) is 19.2. The third-order valence-corrected chi connectivity index (χ3v) is 6.26. The molecule has 1 amide bonds. The summed E-state index contributed by atoms with van der Waals surface area (Å²) < 4.78 is 11.7. The zero-order valence-corrected chi connectivity index (χ0v) is 20.7. The molecular formula is C25H25Cl2N3O3. The van der Waals surface area contributed by atoms with Crippen LogP contribution in [0.5, 0.6) is 0 Å². The van der Waals surface area contributed by atoms with Crippen LogP contribution < -0.4 is 4.90 Å². The number of halogens is 2. The van der Waals surface area contributed by atoms with Gasteiger partial charge >= 0.3 is 0 Å². The first-order chi connectivity index (χ1) is 15.7. The molecule has 0 aliphatic carbocycles. The number of amides is 1. The van der Waals surface area contributed by atoms with Crippen molar-refractivity contribution in [2.75, 3.05) is 11.9 Å². The molecule has 2 heterocycles. The minimum atomic E-state index is -0.0407. The van der Waals surface area contributed by atoms with E-state index in [2.05, 4.69) is 19.0 Å². The van der Waals surface area contributed by atoms with Crippen LogP contribution in [0.3, 0.4) is 0 Å². The summed E-state index contributed by atoms with van der Waals surface area (Å²) >= 11 is 12.4. The SMILES string of the molecule is CC(=O)N(C)c1cc2onc(CCc3nc(-c4ccc(Cl)cc4Cl)oc3C(C)C)c2cc1C. The van der Waals surface area contributed by atoms with E-state index in [0.717, 1.165) is 33.8 Å². The highest BCUT2D eigenvalue weighted by Crippen LogP contribution is 2.34. The molecule has 0 aliphatic rings. The van der Waals surface area contributed by atoms with Crippen LogP contribution in [0.4, 0.5) is 5.69 Å². The van der Waals surface area contributed by atoms with Gasteiger partial charge in [0.05, 0.1) is 27.7 Å². The second-order valence-electron chi connectivity index (χ2n) is 8.45. The summed E-state index contributed by atoms with van der Waals surface area (Å²) in [5.74, 6) is 1.42. The lowest BCUT2D eigenvalue weighted by molar-refractivity contribution is -0.116. The average molecular weight is 486 g/mol. The molecule has 0 unspecified atom stereocenters. The highest BCUT2D eigenvalue weighted by Gasteiger charge is 2.21. The molecule has 0 spiro atoms. The summed E-state index contributed by atoms with van der Waals surface area (Å²) in [6, 6.07) is 9.14. The van der Waals surface area contributed by atoms with E-state index >= 15 is 0 Å². The maximum Gasteiger partial charge on any atom is 0.228 e. The molecule has 4 aromatic rings. The minimum absolute atomic E-state index is 0.0407. The van der Waals surface area contributed by atoms with E-state index in [4.69, 9.17) is 37.1 Å². The Hall–Kier alpha value is -2.83. The Morgan fingerprint density at radius 1 is 1.12 bits per heavy atom. The number of carbonyl (C=O) groups excluding carboxylic acids is 1. The normalized spacial score (nSPS) is 11.5. The van der Waals surface area contributed by atoms with E-state index in [9.17, 15) is 4.79 Å². The van der Waals surface area contributed by atoms with Gasteiger partial charge in [-0.3, -0.25) is 4.79 Å². The molecule has 0 aliphatic heterocycles. The fourth-order valence-corrected chi connectivity index (χ4v) is 4.34. The number of hydrogen-bond acceptors (Lipinski definition) is 5. The minimum Gasteiger partial charge on any atom is -0.441 e. The number of aryl methyl sites for hydroxylation is 3. The zero-order chi connectivity index (χ0) is 23.9. The molecule has 6 nitrogen and oxygen atoms in total. The Bertz CT molecular complexity index is 1340. The Morgan fingerprint density at radius 2 is 1.85 bits per heavy atom. The topological polar surface area (TPSA) is 72.4 Å². The van der Waals surface area contributed by atoms with Crippen molar-refractivity contribution >= 4 is 45.8 Å². The Labute approximate surface area is 202 Å². The predicted molar refractivity (Wildman–Crippen MR) is 131 cm³/mol. The molecule has 0 saturated carbocycles. The molecule has 172 valence electrons. The number of carbonyl (C=O) groups is 1. The highest BCUT2D eigenvalue weighted by molar-refractivity contribution is 6.36. The number of hydrogen-bond donors (Lipinski definition) is 0. The van der Waals surface area contributed by atoms with Gasteiger partial charge in [0, 0.05) is 36.4 Å². The smallest absolute Gasteiger partial charge is 0.228 e. The summed E-state index contributed by atoms with van der Waals surface area (Å²) in [5, 5.41) is 6.28. The largest absolute Gasteiger partial charge is 0.441 e. The van der Waals surface area contributed by atoms with Crippen molar-refractivity contribution in [1.29, 1.82) is 0 Å². The molecule has 8 heteroatoms. The van der Waals surface area contributed by atoms with E-state index in [1.165, 1.54) is 6.92 Å². The van der Waals surface area contributed by atoms with Gasteiger partial charge < -0.3 is 13.8 Å². The van der Waals surface area contributed by atoms with Crippen LogP contribution in [0.1, 0.15) is 49.4 Å². The third-order valence-electron chi connectivity index (χ3n) is 5.71. The first-order valence-corrected chi connectivity index (χ1v) is 11.5. The van der Waals surface area contributed by atoms with Crippen LogP contribution >= 0.6 is 23.2 Å². The number of fused-ring (bicyclic) bond motifs is 1. The van der Waals surface area contributed by atoms with E-state index in [1.54, 1.807) is 24.1 Å². The van der Waals surface area contributed by atoms with E-state index < -0.39 is 0 Å². The quantitative estimate of drug-likeness (QED) is 0.294. The summed E-state index contributed by atoms with van der Waals surface area (Å²) in [7, 11) is 1.75. The number of rotatable bonds is 6. The first kappa shape index (κ1) is 23.3. The van der Waals surface area contributed by atoms with Gasteiger partial charge in [0.25, 0.3) is 0 Å². The molecule has 0 atom stereocenters. The molecule has 4 rings (SSSR count). The molecule has 0 fully saturated rings. The predicted octanol–water partition coefficient (Wildman–Crippen LogP) is 6.99. The van der Waals surface area contributed by atoms with Crippen molar-refractivity contribution in [2.45, 2.75) is 46.5 Å². The lowest BCUT2D eigenvalue weighted by Crippen LogP contribution is -2.23. The molecular weight excluding hydrogens is 461 g/mol. The second kappa shape index (κ2) is 9.20. The molecule has 0 radical (unpaired) electrons. The Morgan fingerprint density at radius 3 is 2.52 bits per heavy atom. The van der Waals surface area contributed by atoms with E-state index in [1.807, 2.05) is 25.1 Å². The lowest BCUT2D eigenvalue weighted by Gasteiger charge is -2.17. The number of aromatic nitrogens is 2. The van der Waals surface area contributed by atoms with E-state index in [0.29, 0.717) is 39.9 Å². The van der Waals surface area contributed by atoms with Gasteiger partial charge in [0.2, 0.25) is 11.8 Å². The molecule has 0 N–H and O–H groups in total. The molecule has 0 saturated heterocycles. The van der Waals surface area contributed by atoms with Gasteiger partial charge in [0.15, 0.2) is 5.58 Å². The fraction of sp³-hybridized carbons (Fsp3) is 0.320. The second-order valence-corrected chi connectivity index (χ2v) is 9.29. The fourth-order valence-electron chi connectivity index (χ4n) is 3.85. The van der Waals surface area contributed by atoms with Crippen LogP contribution in [0.2, 0.25) is 10.0 Å². The number of anilines is 1. The number of nitrogens with zero attached hydrogens (tertiary/aromatic N) is 3. The van der Waals surface area contributed by atoms with Crippen molar-refractivity contribution in [3.8, 4) is 11.5 Å². The van der Waals surface area contributed by atoms with Gasteiger partial charge in [-0.25, -0.2) is 4.98 Å².